The predicted molar refractivity (Wildman–Crippen MR) is 127 cm³/mol. The zero-order chi connectivity index (χ0) is 24.2. The van der Waals surface area contributed by atoms with Crippen molar-refractivity contribution in [3.63, 3.8) is 0 Å². The molecule has 2 N–H and O–H groups in total. The number of aliphatic hydroxyl groups excluding tert-OH is 1. The highest BCUT2D eigenvalue weighted by molar-refractivity contribution is 5.89. The Kier molecular flexibility index (Phi) is 6.73. The van der Waals surface area contributed by atoms with E-state index in [-0.39, 0.29) is 31.1 Å². The number of benzene rings is 2. The van der Waals surface area contributed by atoms with Crippen LogP contribution in [0.4, 0.5) is 0 Å². The number of β-amino-alcohol motifs (C(OH)–C–C–N with tert-alkyl or cyclic N) is 1. The lowest BCUT2D eigenvalue weighted by Gasteiger charge is -2.32. The summed E-state index contributed by atoms with van der Waals surface area (Å²) in [7, 11) is 1.84. The molecule has 2 aromatic heterocycles. The molecule has 4 aromatic rings. The van der Waals surface area contributed by atoms with Gasteiger partial charge in [-0.1, -0.05) is 35.5 Å². The van der Waals surface area contributed by atoms with Gasteiger partial charge in [0.05, 0.1) is 31.1 Å². The van der Waals surface area contributed by atoms with E-state index in [1.54, 1.807) is 17.4 Å². The van der Waals surface area contributed by atoms with Gasteiger partial charge in [0, 0.05) is 37.5 Å². The molecule has 3 heterocycles. The van der Waals surface area contributed by atoms with Crippen molar-refractivity contribution in [2.24, 2.45) is 0 Å². The molecule has 10 heteroatoms. The number of carbonyl (C=O) groups is 1. The van der Waals surface area contributed by atoms with Gasteiger partial charge in [-0.05, 0) is 29.7 Å². The molecule has 2 aromatic carbocycles. The molecule has 182 valence electrons. The third-order valence-electron chi connectivity index (χ3n) is 6.49. The van der Waals surface area contributed by atoms with E-state index in [9.17, 15) is 9.90 Å². The minimum atomic E-state index is -0.333. The molecule has 5 rings (SSSR count). The van der Waals surface area contributed by atoms with E-state index in [4.69, 9.17) is 9.15 Å². The molecule has 2 atom stereocenters. The number of aromatic amines is 1. The minimum absolute atomic E-state index is 0.00145. The average Bonchev–Trinajstić information content (AvgIpc) is 3.63. The second kappa shape index (κ2) is 10.2. The number of likely N-dealkylation sites (tertiary alicyclic amines) is 1. The van der Waals surface area contributed by atoms with Crippen LogP contribution in [0.3, 0.4) is 0 Å². The summed E-state index contributed by atoms with van der Waals surface area (Å²) >= 11 is 0. The molecule has 0 radical (unpaired) electrons. The molecule has 1 fully saturated rings. The number of amides is 1. The first-order valence-corrected chi connectivity index (χ1v) is 11.6. The highest BCUT2D eigenvalue weighted by atomic mass is 16.5. The van der Waals surface area contributed by atoms with Gasteiger partial charge in [-0.3, -0.25) is 9.69 Å². The van der Waals surface area contributed by atoms with Gasteiger partial charge >= 0.3 is 0 Å². The first-order valence-electron chi connectivity index (χ1n) is 11.6. The van der Waals surface area contributed by atoms with Gasteiger partial charge in [0.1, 0.15) is 5.75 Å². The van der Waals surface area contributed by atoms with E-state index in [1.165, 1.54) is 0 Å². The number of hydrogen-bond acceptors (Lipinski definition) is 8. The number of likely N-dealkylation sites (N-methyl/N-ethyl adjacent to an activating group) is 1. The number of carbonyl (C=O) groups excluding carboxylic acids is 1. The van der Waals surface area contributed by atoms with Crippen LogP contribution in [0, 0.1) is 0 Å². The molecular formula is C25H28N6O4. The lowest BCUT2D eigenvalue weighted by atomic mass is 10.0. The number of H-pyrrole nitrogens is 1. The van der Waals surface area contributed by atoms with Crippen LogP contribution in [-0.4, -0.2) is 74.2 Å². The highest BCUT2D eigenvalue weighted by Gasteiger charge is 2.28. The zero-order valence-electron chi connectivity index (χ0n) is 19.5. The molecule has 0 saturated carbocycles. The number of aliphatic hydroxyl groups is 1. The fourth-order valence-corrected chi connectivity index (χ4v) is 4.55. The van der Waals surface area contributed by atoms with Crippen LogP contribution in [-0.2, 0) is 17.8 Å². The number of hydrogen-bond donors (Lipinski definition) is 2. The molecule has 1 amide bonds. The molecule has 10 nitrogen and oxygen atoms in total. The normalized spacial score (nSPS) is 17.0. The number of nitrogens with one attached hydrogen (secondary N) is 1. The molecule has 1 aliphatic rings. The SMILES string of the molecule is CN(C(=O)Cc1cccc2cocc12)[C@H](CN1CC[C@@H](O)C1)c1cccc(OCc2nn[nH]n2)c1. The number of ether oxygens (including phenoxy) is 1. The second-order valence-electron chi connectivity index (χ2n) is 8.88. The van der Waals surface area contributed by atoms with Crippen molar-refractivity contribution in [1.29, 1.82) is 0 Å². The first-order chi connectivity index (χ1) is 17.1. The van der Waals surface area contributed by atoms with Gasteiger partial charge in [-0.15, -0.1) is 10.2 Å². The summed E-state index contributed by atoms with van der Waals surface area (Å²) in [6.07, 6.45) is 4.04. The van der Waals surface area contributed by atoms with Gasteiger partial charge < -0.3 is 19.2 Å². The van der Waals surface area contributed by atoms with Crippen LogP contribution in [0.1, 0.15) is 29.4 Å². The average molecular weight is 477 g/mol. The standard InChI is InChI=1S/C25H28N6O4/c1-30(25(33)11-17-4-2-6-19-14-34-15-22(17)19)23(13-31-9-8-20(32)12-31)18-5-3-7-21(10-18)35-16-24-26-28-29-27-24/h2-7,10,14-15,20,23,32H,8-9,11-13,16H2,1H3,(H,26,27,28,29)/t20-,23-/m1/s1. The van der Waals surface area contributed by atoms with Crippen LogP contribution in [0.5, 0.6) is 5.75 Å². The first kappa shape index (κ1) is 23.0. The Morgan fingerprint density at radius 3 is 3.00 bits per heavy atom. The smallest absolute Gasteiger partial charge is 0.227 e. The molecule has 0 unspecified atom stereocenters. The Morgan fingerprint density at radius 2 is 2.20 bits per heavy atom. The van der Waals surface area contributed by atoms with Crippen molar-refractivity contribution in [3.8, 4) is 5.75 Å². The van der Waals surface area contributed by atoms with Crippen molar-refractivity contribution < 1.29 is 19.1 Å². The van der Waals surface area contributed by atoms with Gasteiger partial charge in [0.2, 0.25) is 11.7 Å². The Morgan fingerprint density at radius 1 is 1.31 bits per heavy atom. The van der Waals surface area contributed by atoms with E-state index in [1.807, 2.05) is 49.5 Å². The summed E-state index contributed by atoms with van der Waals surface area (Å²) in [5.41, 5.74) is 1.88. The summed E-state index contributed by atoms with van der Waals surface area (Å²) in [5.74, 6) is 1.11. The van der Waals surface area contributed by atoms with E-state index < -0.39 is 0 Å². The van der Waals surface area contributed by atoms with E-state index in [0.29, 0.717) is 24.7 Å². The predicted octanol–water partition coefficient (Wildman–Crippen LogP) is 2.33. The van der Waals surface area contributed by atoms with Crippen LogP contribution in [0.15, 0.2) is 59.4 Å². The summed E-state index contributed by atoms with van der Waals surface area (Å²) in [6, 6.07) is 13.4. The van der Waals surface area contributed by atoms with E-state index in [0.717, 1.165) is 34.9 Å². The number of furan rings is 1. The maximum Gasteiger partial charge on any atom is 0.227 e. The van der Waals surface area contributed by atoms with Crippen molar-refractivity contribution in [2.45, 2.75) is 31.6 Å². The summed E-state index contributed by atoms with van der Waals surface area (Å²) in [5, 5.41) is 25.7. The van der Waals surface area contributed by atoms with Gasteiger partial charge in [-0.2, -0.15) is 5.21 Å². The molecule has 1 saturated heterocycles. The van der Waals surface area contributed by atoms with Gasteiger partial charge in [0.15, 0.2) is 6.61 Å². The quantitative estimate of drug-likeness (QED) is 0.378. The van der Waals surface area contributed by atoms with Crippen molar-refractivity contribution >= 4 is 16.7 Å². The third kappa shape index (κ3) is 5.33. The summed E-state index contributed by atoms with van der Waals surface area (Å²) in [6.45, 7) is 2.19. The lowest BCUT2D eigenvalue weighted by molar-refractivity contribution is -0.131. The topological polar surface area (TPSA) is 121 Å². The van der Waals surface area contributed by atoms with Crippen LogP contribution in [0.2, 0.25) is 0 Å². The lowest BCUT2D eigenvalue weighted by Crippen LogP contribution is -2.39. The van der Waals surface area contributed by atoms with E-state index in [2.05, 4.69) is 25.5 Å². The Bertz CT molecular complexity index is 1270. The van der Waals surface area contributed by atoms with E-state index >= 15 is 0 Å². The second-order valence-corrected chi connectivity index (χ2v) is 8.88. The fraction of sp³-hybridized carbons (Fsp3) is 0.360. The molecule has 35 heavy (non-hydrogen) atoms. The van der Waals surface area contributed by atoms with Crippen molar-refractivity contribution in [3.05, 3.63) is 71.9 Å². The van der Waals surface area contributed by atoms with Crippen LogP contribution < -0.4 is 4.74 Å². The number of nitrogens with zero attached hydrogens (tertiary/aromatic N) is 5. The van der Waals surface area contributed by atoms with Crippen molar-refractivity contribution in [1.82, 2.24) is 30.4 Å². The van der Waals surface area contributed by atoms with Gasteiger partial charge in [-0.25, -0.2) is 0 Å². The highest BCUT2D eigenvalue weighted by Crippen LogP contribution is 2.28. The Hall–Kier alpha value is -3.76. The van der Waals surface area contributed by atoms with Gasteiger partial charge in [0.25, 0.3) is 0 Å². The monoisotopic (exact) mass is 476 g/mol. The van der Waals surface area contributed by atoms with Crippen molar-refractivity contribution in [2.75, 3.05) is 26.7 Å². The molecule has 0 aliphatic carbocycles. The summed E-state index contributed by atoms with van der Waals surface area (Å²) < 4.78 is 11.2. The molecule has 1 aliphatic heterocycles. The molecule has 0 spiro atoms. The summed E-state index contributed by atoms with van der Waals surface area (Å²) in [4.78, 5) is 17.5. The van der Waals surface area contributed by atoms with Crippen LogP contribution in [0.25, 0.3) is 10.8 Å². The maximum atomic E-state index is 13.5. The number of tetrazole rings is 1. The van der Waals surface area contributed by atoms with Crippen LogP contribution >= 0.6 is 0 Å². The number of fused-ring (bicyclic) bond motifs is 1. The minimum Gasteiger partial charge on any atom is -0.485 e. The largest absolute Gasteiger partial charge is 0.485 e. The fourth-order valence-electron chi connectivity index (χ4n) is 4.55. The molecule has 0 bridgehead atoms. The molecular weight excluding hydrogens is 448 g/mol. The number of aromatic nitrogens is 4. The third-order valence-corrected chi connectivity index (χ3v) is 6.49. The zero-order valence-corrected chi connectivity index (χ0v) is 19.5. The Balaban J connectivity index is 1.36. The Labute approximate surface area is 202 Å². The number of rotatable bonds is 9. The maximum absolute atomic E-state index is 13.5.